The summed E-state index contributed by atoms with van der Waals surface area (Å²) in [4.78, 5) is 51.2. The number of aromatic nitrogens is 2. The summed E-state index contributed by atoms with van der Waals surface area (Å²) >= 11 is 0. The van der Waals surface area contributed by atoms with Crippen molar-refractivity contribution in [3.05, 3.63) is 34.2 Å². The number of amides is 2. The lowest BCUT2D eigenvalue weighted by Crippen LogP contribution is -2.56. The van der Waals surface area contributed by atoms with E-state index in [0.29, 0.717) is 29.7 Å². The summed E-state index contributed by atoms with van der Waals surface area (Å²) in [5.41, 5.74) is 1.23. The number of para-hydroxylation sites is 1. The fraction of sp³-hybridized carbons (Fsp3) is 0.500. The largest absolute Gasteiger partial charge is 0.372 e. The normalized spacial score (nSPS) is 23.1. The van der Waals surface area contributed by atoms with Crippen LogP contribution in [-0.2, 0) is 26.2 Å². The number of ketones is 1. The first-order valence-corrected chi connectivity index (χ1v) is 11.5. The van der Waals surface area contributed by atoms with E-state index in [1.54, 1.807) is 19.2 Å². The maximum atomic E-state index is 13.0. The molecule has 0 radical (unpaired) electrons. The Kier molecular flexibility index (Phi) is 5.85. The van der Waals surface area contributed by atoms with Crippen LogP contribution in [0.3, 0.4) is 0 Å². The highest BCUT2D eigenvalue weighted by Gasteiger charge is 2.38. The number of fused-ring (bicyclic) bond motifs is 1. The highest BCUT2D eigenvalue weighted by Crippen LogP contribution is 2.27. The number of imide groups is 1. The van der Waals surface area contributed by atoms with Gasteiger partial charge in [-0.05, 0) is 38.1 Å². The van der Waals surface area contributed by atoms with Crippen molar-refractivity contribution in [2.75, 3.05) is 39.3 Å². The predicted octanol–water partition coefficient (Wildman–Crippen LogP) is -0.697. The standard InChI is InChI=1S/C24H27N5O5/c1-27-20-16(5-3-11-28-12-13-34-24(15-28)7-9-25-10-8-24)4-2-6-17(20)29(23(27)33)18-14-19(30)22(32)26-21(18)31/h2,4,6,18,25H,7-15H2,1H3,(H,26,31,32). The molecule has 34 heavy (non-hydrogen) atoms. The van der Waals surface area contributed by atoms with Crippen molar-refractivity contribution in [3.63, 3.8) is 0 Å². The van der Waals surface area contributed by atoms with Crippen molar-refractivity contribution in [1.29, 1.82) is 0 Å². The molecule has 1 unspecified atom stereocenters. The van der Waals surface area contributed by atoms with E-state index in [1.165, 1.54) is 9.13 Å². The van der Waals surface area contributed by atoms with Crippen molar-refractivity contribution >= 4 is 28.6 Å². The topological polar surface area (TPSA) is 115 Å². The van der Waals surface area contributed by atoms with Crippen molar-refractivity contribution in [2.24, 2.45) is 7.05 Å². The molecule has 2 N–H and O–H groups in total. The van der Waals surface area contributed by atoms with Gasteiger partial charge in [-0.1, -0.05) is 17.9 Å². The smallest absolute Gasteiger partial charge is 0.329 e. The molecule has 3 aliphatic rings. The van der Waals surface area contributed by atoms with E-state index in [2.05, 4.69) is 22.1 Å². The molecule has 3 aliphatic heterocycles. The molecule has 10 nitrogen and oxygen atoms in total. The van der Waals surface area contributed by atoms with Crippen molar-refractivity contribution in [3.8, 4) is 11.8 Å². The van der Waals surface area contributed by atoms with E-state index in [0.717, 1.165) is 39.0 Å². The number of piperidine rings is 2. The molecule has 0 aliphatic carbocycles. The van der Waals surface area contributed by atoms with E-state index in [1.807, 2.05) is 11.4 Å². The Bertz CT molecular complexity index is 1290. The molecule has 1 atom stereocenters. The zero-order valence-corrected chi connectivity index (χ0v) is 19.1. The van der Waals surface area contributed by atoms with Crippen LogP contribution in [0.1, 0.15) is 30.9 Å². The van der Waals surface area contributed by atoms with E-state index < -0.39 is 29.3 Å². The van der Waals surface area contributed by atoms with E-state index in [-0.39, 0.29) is 12.0 Å². The Morgan fingerprint density at radius 1 is 1.18 bits per heavy atom. The number of carbonyl (C=O) groups is 3. The van der Waals surface area contributed by atoms with Crippen LogP contribution in [0.2, 0.25) is 0 Å². The predicted molar refractivity (Wildman–Crippen MR) is 123 cm³/mol. The zero-order chi connectivity index (χ0) is 23.9. The Morgan fingerprint density at radius 3 is 2.76 bits per heavy atom. The van der Waals surface area contributed by atoms with Crippen LogP contribution < -0.4 is 16.3 Å². The average Bonchev–Trinajstić information content (AvgIpc) is 3.08. The highest BCUT2D eigenvalue weighted by molar-refractivity contribution is 6.41. The fourth-order valence-corrected chi connectivity index (χ4v) is 5.16. The number of imidazole rings is 1. The van der Waals surface area contributed by atoms with Crippen molar-refractivity contribution < 1.29 is 19.1 Å². The van der Waals surface area contributed by atoms with Gasteiger partial charge >= 0.3 is 5.69 Å². The van der Waals surface area contributed by atoms with Gasteiger partial charge < -0.3 is 10.1 Å². The second-order valence-corrected chi connectivity index (χ2v) is 9.14. The number of hydrogen-bond donors (Lipinski definition) is 2. The molecule has 3 fully saturated rings. The van der Waals surface area contributed by atoms with Crippen LogP contribution in [0.25, 0.3) is 11.0 Å². The molecular weight excluding hydrogens is 438 g/mol. The summed E-state index contributed by atoms with van der Waals surface area (Å²) in [6.45, 7) is 4.89. The highest BCUT2D eigenvalue weighted by atomic mass is 16.5. The monoisotopic (exact) mass is 465 g/mol. The van der Waals surface area contributed by atoms with Crippen LogP contribution >= 0.6 is 0 Å². The second-order valence-electron chi connectivity index (χ2n) is 9.14. The maximum Gasteiger partial charge on any atom is 0.329 e. The SMILES string of the molecule is Cn1c(=O)n(C2CC(=O)C(=O)NC2=O)c2cccc(C#CCN3CCOC4(CCNCC4)C3)c21. The lowest BCUT2D eigenvalue weighted by molar-refractivity contribution is -0.146. The number of nitrogens with zero attached hydrogens (tertiary/aromatic N) is 3. The number of morpholine rings is 1. The third-order valence-electron chi connectivity index (χ3n) is 6.95. The minimum absolute atomic E-state index is 0.0916. The first-order valence-electron chi connectivity index (χ1n) is 11.5. The molecule has 10 heteroatoms. The Labute approximate surface area is 196 Å². The number of rotatable bonds is 2. The van der Waals surface area contributed by atoms with Gasteiger partial charge in [0.1, 0.15) is 6.04 Å². The number of carbonyl (C=O) groups excluding carboxylic acids is 3. The van der Waals surface area contributed by atoms with Crippen LogP contribution in [0, 0.1) is 11.8 Å². The number of ether oxygens (including phenoxy) is 1. The van der Waals surface area contributed by atoms with Gasteiger partial charge in [0, 0.05) is 26.6 Å². The summed E-state index contributed by atoms with van der Waals surface area (Å²) in [5.74, 6) is 4.13. The molecule has 3 saturated heterocycles. The van der Waals surface area contributed by atoms with Gasteiger partial charge in [0.05, 0.1) is 35.3 Å². The summed E-state index contributed by atoms with van der Waals surface area (Å²) in [6, 6.07) is 4.26. The fourth-order valence-electron chi connectivity index (χ4n) is 5.16. The minimum atomic E-state index is -1.07. The Hall–Kier alpha value is -3.26. The first-order chi connectivity index (χ1) is 16.4. The second kappa shape index (κ2) is 8.83. The number of benzene rings is 1. The third-order valence-corrected chi connectivity index (χ3v) is 6.95. The van der Waals surface area contributed by atoms with Gasteiger partial charge in [0.25, 0.3) is 11.8 Å². The van der Waals surface area contributed by atoms with Gasteiger partial charge in [-0.25, -0.2) is 4.79 Å². The first kappa shape index (κ1) is 22.5. The molecule has 1 aromatic heterocycles. The van der Waals surface area contributed by atoms with Crippen LogP contribution in [0.5, 0.6) is 0 Å². The molecule has 4 heterocycles. The van der Waals surface area contributed by atoms with Crippen LogP contribution in [0.15, 0.2) is 23.0 Å². The van der Waals surface area contributed by atoms with Gasteiger partial charge in [-0.15, -0.1) is 0 Å². The van der Waals surface area contributed by atoms with Crippen molar-refractivity contribution in [2.45, 2.75) is 30.9 Å². The zero-order valence-electron chi connectivity index (χ0n) is 19.1. The Morgan fingerprint density at radius 2 is 1.97 bits per heavy atom. The lowest BCUT2D eigenvalue weighted by atomic mass is 9.90. The minimum Gasteiger partial charge on any atom is -0.372 e. The molecule has 0 bridgehead atoms. The summed E-state index contributed by atoms with van der Waals surface area (Å²) in [5, 5.41) is 5.42. The quantitative estimate of drug-likeness (QED) is 0.343. The molecule has 1 aromatic carbocycles. The molecule has 2 aromatic rings. The molecule has 0 saturated carbocycles. The molecule has 2 amide bonds. The van der Waals surface area contributed by atoms with Crippen LogP contribution in [0.4, 0.5) is 0 Å². The van der Waals surface area contributed by atoms with Gasteiger partial charge in [0.15, 0.2) is 0 Å². The van der Waals surface area contributed by atoms with Gasteiger partial charge in [0.2, 0.25) is 5.78 Å². The molecule has 5 rings (SSSR count). The molecule has 178 valence electrons. The summed E-state index contributed by atoms with van der Waals surface area (Å²) in [6.07, 6.45) is 1.65. The van der Waals surface area contributed by atoms with E-state index in [9.17, 15) is 19.2 Å². The number of aryl methyl sites for hydroxylation is 1. The van der Waals surface area contributed by atoms with Crippen LogP contribution in [-0.4, -0.2) is 76.6 Å². The number of Topliss-reactive ketones (excluding diaryl/α,β-unsaturated/α-hetero) is 1. The van der Waals surface area contributed by atoms with Crippen molar-refractivity contribution in [1.82, 2.24) is 24.7 Å². The third kappa shape index (κ3) is 3.96. The van der Waals surface area contributed by atoms with E-state index >= 15 is 0 Å². The number of nitrogens with one attached hydrogen (secondary N) is 2. The summed E-state index contributed by atoms with van der Waals surface area (Å²) < 4.78 is 8.84. The molecular formula is C24H27N5O5. The lowest BCUT2D eigenvalue weighted by Gasteiger charge is -2.44. The van der Waals surface area contributed by atoms with E-state index in [4.69, 9.17) is 4.74 Å². The van der Waals surface area contributed by atoms with Gasteiger partial charge in [-0.3, -0.25) is 33.7 Å². The molecule has 1 spiro atoms. The average molecular weight is 466 g/mol. The van der Waals surface area contributed by atoms with Gasteiger partial charge in [-0.2, -0.15) is 0 Å². The number of hydrogen-bond acceptors (Lipinski definition) is 7. The maximum absolute atomic E-state index is 13.0. The Balaban J connectivity index is 1.42. The summed E-state index contributed by atoms with van der Waals surface area (Å²) in [7, 11) is 1.61.